The summed E-state index contributed by atoms with van der Waals surface area (Å²) in [6.07, 6.45) is 2.85. The molecular weight excluding hydrogens is 278 g/mol. The minimum atomic E-state index is -0.294. The fourth-order valence-corrected chi connectivity index (χ4v) is 4.01. The first-order chi connectivity index (χ1) is 9.10. The van der Waals surface area contributed by atoms with Crippen LogP contribution in [0, 0.1) is 0 Å². The van der Waals surface area contributed by atoms with Crippen molar-refractivity contribution < 1.29 is 4.74 Å². The lowest BCUT2D eigenvalue weighted by atomic mass is 9.88. The largest absolute Gasteiger partial charge is 0.497 e. The second kappa shape index (κ2) is 4.82. The zero-order chi connectivity index (χ0) is 13.5. The maximum atomic E-state index is 6.64. The summed E-state index contributed by atoms with van der Waals surface area (Å²) < 4.78 is 6.13. The van der Waals surface area contributed by atoms with Gasteiger partial charge in [-0.05, 0) is 48.2 Å². The van der Waals surface area contributed by atoms with E-state index in [0.29, 0.717) is 0 Å². The molecule has 1 aromatic carbocycles. The molecule has 1 aliphatic carbocycles. The van der Waals surface area contributed by atoms with Gasteiger partial charge in [-0.25, -0.2) is 0 Å². The van der Waals surface area contributed by atoms with Crippen molar-refractivity contribution in [2.45, 2.75) is 24.8 Å². The van der Waals surface area contributed by atoms with Crippen molar-refractivity contribution in [1.29, 1.82) is 0 Å². The van der Waals surface area contributed by atoms with Crippen LogP contribution < -0.4 is 10.5 Å². The number of rotatable bonds is 3. The molecule has 1 aromatic heterocycles. The molecule has 0 aliphatic heterocycles. The van der Waals surface area contributed by atoms with Crippen molar-refractivity contribution in [1.82, 2.24) is 0 Å². The highest BCUT2D eigenvalue weighted by Gasteiger charge is 2.35. The Kier molecular flexibility index (Phi) is 3.29. The van der Waals surface area contributed by atoms with Gasteiger partial charge in [0.1, 0.15) is 5.75 Å². The Hall–Kier alpha value is -1.03. The molecule has 0 spiro atoms. The Morgan fingerprint density at radius 2 is 2.21 bits per heavy atom. The molecule has 100 valence electrons. The molecule has 3 rings (SSSR count). The van der Waals surface area contributed by atoms with Crippen LogP contribution in [0.15, 0.2) is 30.3 Å². The van der Waals surface area contributed by atoms with E-state index in [1.165, 1.54) is 16.0 Å². The van der Waals surface area contributed by atoms with Crippen LogP contribution in [0.4, 0.5) is 0 Å². The number of thiophene rings is 1. The summed E-state index contributed by atoms with van der Waals surface area (Å²) in [4.78, 5) is 1.24. The van der Waals surface area contributed by atoms with Gasteiger partial charge in [-0.3, -0.25) is 0 Å². The van der Waals surface area contributed by atoms with Crippen molar-refractivity contribution in [3.8, 4) is 5.75 Å². The molecule has 0 bridgehead atoms. The average molecular weight is 294 g/mol. The van der Waals surface area contributed by atoms with Crippen molar-refractivity contribution in [2.24, 2.45) is 5.73 Å². The van der Waals surface area contributed by atoms with Gasteiger partial charge in [0.25, 0.3) is 0 Å². The van der Waals surface area contributed by atoms with Crippen molar-refractivity contribution in [2.75, 3.05) is 7.11 Å². The highest BCUT2D eigenvalue weighted by Crippen LogP contribution is 2.40. The number of benzene rings is 1. The van der Waals surface area contributed by atoms with Gasteiger partial charge in [0.15, 0.2) is 0 Å². The van der Waals surface area contributed by atoms with E-state index in [0.717, 1.165) is 29.3 Å². The van der Waals surface area contributed by atoms with E-state index >= 15 is 0 Å². The zero-order valence-corrected chi connectivity index (χ0v) is 12.4. The first-order valence-corrected chi connectivity index (χ1v) is 7.51. The second-order valence-corrected chi connectivity index (χ2v) is 6.86. The van der Waals surface area contributed by atoms with E-state index in [9.17, 15) is 0 Å². The van der Waals surface area contributed by atoms with E-state index in [2.05, 4.69) is 18.2 Å². The summed E-state index contributed by atoms with van der Waals surface area (Å²) in [6.45, 7) is 0. The van der Waals surface area contributed by atoms with Crippen LogP contribution in [0.3, 0.4) is 0 Å². The van der Waals surface area contributed by atoms with E-state index in [1.54, 1.807) is 18.4 Å². The fraction of sp³-hybridized carbons (Fsp3) is 0.333. The Bertz CT molecular complexity index is 610. The molecule has 1 unspecified atom stereocenters. The topological polar surface area (TPSA) is 35.2 Å². The predicted molar refractivity (Wildman–Crippen MR) is 80.2 cm³/mol. The SMILES string of the molecule is COc1ccc2c(c1)C(N)(Cc1ccc(Cl)s1)CC2. The molecule has 0 fully saturated rings. The van der Waals surface area contributed by atoms with Gasteiger partial charge >= 0.3 is 0 Å². The molecule has 0 amide bonds. The first-order valence-electron chi connectivity index (χ1n) is 6.31. The highest BCUT2D eigenvalue weighted by molar-refractivity contribution is 7.16. The van der Waals surface area contributed by atoms with Gasteiger partial charge in [-0.2, -0.15) is 0 Å². The normalized spacial score (nSPS) is 21.4. The molecule has 4 heteroatoms. The lowest BCUT2D eigenvalue weighted by Crippen LogP contribution is -2.36. The summed E-state index contributed by atoms with van der Waals surface area (Å²) in [5.41, 5.74) is 8.91. The minimum absolute atomic E-state index is 0.294. The quantitative estimate of drug-likeness (QED) is 0.935. The maximum absolute atomic E-state index is 6.64. The molecule has 1 heterocycles. The smallest absolute Gasteiger partial charge is 0.119 e. The van der Waals surface area contributed by atoms with Crippen molar-refractivity contribution in [3.05, 3.63) is 50.7 Å². The average Bonchev–Trinajstić information content (AvgIpc) is 2.94. The summed E-state index contributed by atoms with van der Waals surface area (Å²) >= 11 is 7.61. The van der Waals surface area contributed by atoms with E-state index in [4.69, 9.17) is 22.1 Å². The standard InChI is InChI=1S/C15H16ClNOS/c1-18-11-3-2-10-6-7-15(17,13(10)8-11)9-12-4-5-14(16)19-12/h2-5,8H,6-7,9,17H2,1H3. The van der Waals surface area contributed by atoms with Crippen LogP contribution in [0.1, 0.15) is 22.4 Å². The Balaban J connectivity index is 1.94. The molecule has 2 aromatic rings. The fourth-order valence-electron chi connectivity index (χ4n) is 2.80. The summed E-state index contributed by atoms with van der Waals surface area (Å²) in [5.74, 6) is 0.875. The van der Waals surface area contributed by atoms with Gasteiger partial charge in [-0.1, -0.05) is 17.7 Å². The van der Waals surface area contributed by atoms with Gasteiger partial charge in [-0.15, -0.1) is 11.3 Å². The second-order valence-electron chi connectivity index (χ2n) is 5.06. The number of halogens is 1. The molecule has 0 radical (unpaired) electrons. The molecule has 19 heavy (non-hydrogen) atoms. The third kappa shape index (κ3) is 2.38. The van der Waals surface area contributed by atoms with Gasteiger partial charge in [0, 0.05) is 16.8 Å². The Morgan fingerprint density at radius 3 is 2.89 bits per heavy atom. The lowest BCUT2D eigenvalue weighted by molar-refractivity contribution is 0.408. The highest BCUT2D eigenvalue weighted by atomic mass is 35.5. The third-order valence-electron chi connectivity index (χ3n) is 3.81. The van der Waals surface area contributed by atoms with Crippen molar-refractivity contribution >= 4 is 22.9 Å². The van der Waals surface area contributed by atoms with Gasteiger partial charge in [0.2, 0.25) is 0 Å². The molecule has 2 N–H and O–H groups in total. The molecule has 2 nitrogen and oxygen atoms in total. The number of fused-ring (bicyclic) bond motifs is 1. The van der Waals surface area contributed by atoms with E-state index < -0.39 is 0 Å². The lowest BCUT2D eigenvalue weighted by Gasteiger charge is -2.25. The van der Waals surface area contributed by atoms with Gasteiger partial charge < -0.3 is 10.5 Å². The summed E-state index contributed by atoms with van der Waals surface area (Å²) in [5, 5.41) is 0. The van der Waals surface area contributed by atoms with E-state index in [1.807, 2.05) is 12.1 Å². The monoisotopic (exact) mass is 293 g/mol. The molecular formula is C15H16ClNOS. The first kappa shape index (κ1) is 13.0. The maximum Gasteiger partial charge on any atom is 0.119 e. The number of methoxy groups -OCH3 is 1. The molecule has 0 saturated heterocycles. The van der Waals surface area contributed by atoms with Crippen LogP contribution >= 0.6 is 22.9 Å². The number of ether oxygens (including phenoxy) is 1. The third-order valence-corrected chi connectivity index (χ3v) is 5.04. The number of nitrogens with two attached hydrogens (primary N) is 1. The molecule has 1 aliphatic rings. The van der Waals surface area contributed by atoms with Gasteiger partial charge in [0.05, 0.1) is 11.4 Å². The van der Waals surface area contributed by atoms with Crippen LogP contribution in [-0.4, -0.2) is 7.11 Å². The summed E-state index contributed by atoms with van der Waals surface area (Å²) in [6, 6.07) is 10.2. The van der Waals surface area contributed by atoms with Crippen LogP contribution in [0.2, 0.25) is 4.34 Å². The zero-order valence-electron chi connectivity index (χ0n) is 10.8. The van der Waals surface area contributed by atoms with Crippen LogP contribution in [0.25, 0.3) is 0 Å². The Morgan fingerprint density at radius 1 is 1.37 bits per heavy atom. The Labute approximate surface area is 122 Å². The van der Waals surface area contributed by atoms with E-state index in [-0.39, 0.29) is 5.54 Å². The number of aryl methyl sites for hydroxylation is 1. The molecule has 1 atom stereocenters. The summed E-state index contributed by atoms with van der Waals surface area (Å²) in [7, 11) is 1.69. The molecule has 0 saturated carbocycles. The number of hydrogen-bond acceptors (Lipinski definition) is 3. The predicted octanol–water partition coefficient (Wildman–Crippen LogP) is 3.75. The van der Waals surface area contributed by atoms with Crippen LogP contribution in [-0.2, 0) is 18.4 Å². The van der Waals surface area contributed by atoms with Crippen LogP contribution in [0.5, 0.6) is 5.75 Å². The van der Waals surface area contributed by atoms with Crippen molar-refractivity contribution in [3.63, 3.8) is 0 Å². The number of hydrogen-bond donors (Lipinski definition) is 1. The minimum Gasteiger partial charge on any atom is -0.497 e.